The first kappa shape index (κ1) is 11.7. The van der Waals surface area contributed by atoms with E-state index in [0.717, 1.165) is 23.4 Å². The second kappa shape index (κ2) is 4.59. The number of nitrogens with zero attached hydrogens (tertiary/aromatic N) is 1. The molecule has 0 fully saturated rings. The van der Waals surface area contributed by atoms with Gasteiger partial charge in [-0.2, -0.15) is 0 Å². The fourth-order valence-corrected chi connectivity index (χ4v) is 2.19. The highest BCUT2D eigenvalue weighted by atomic mass is 79.9. The third kappa shape index (κ3) is 1.89. The van der Waals surface area contributed by atoms with Crippen molar-refractivity contribution in [1.29, 1.82) is 0 Å². The SMILES string of the molecule is CCN(CC)c1cc(=S)c2occ(Br)c2o1. The maximum Gasteiger partial charge on any atom is 0.197 e. The van der Waals surface area contributed by atoms with Gasteiger partial charge in [0.05, 0.1) is 8.98 Å². The van der Waals surface area contributed by atoms with Gasteiger partial charge in [-0.1, -0.05) is 12.2 Å². The van der Waals surface area contributed by atoms with Gasteiger partial charge in [0.1, 0.15) is 6.26 Å². The molecule has 0 saturated heterocycles. The zero-order valence-corrected chi connectivity index (χ0v) is 11.5. The zero-order valence-electron chi connectivity index (χ0n) is 9.12. The minimum absolute atomic E-state index is 0.623. The van der Waals surface area contributed by atoms with E-state index in [2.05, 4.69) is 34.7 Å². The Labute approximate surface area is 107 Å². The fourth-order valence-electron chi connectivity index (χ4n) is 1.59. The van der Waals surface area contributed by atoms with Crippen molar-refractivity contribution in [3.8, 4) is 0 Å². The third-order valence-corrected chi connectivity index (χ3v) is 3.31. The molecule has 0 aromatic carbocycles. The summed E-state index contributed by atoms with van der Waals surface area (Å²) < 4.78 is 12.6. The van der Waals surface area contributed by atoms with E-state index in [1.54, 1.807) is 6.26 Å². The highest BCUT2D eigenvalue weighted by molar-refractivity contribution is 9.10. The third-order valence-electron chi connectivity index (χ3n) is 2.46. The van der Waals surface area contributed by atoms with E-state index >= 15 is 0 Å². The van der Waals surface area contributed by atoms with E-state index in [4.69, 9.17) is 21.1 Å². The van der Waals surface area contributed by atoms with Crippen molar-refractivity contribution in [1.82, 2.24) is 0 Å². The van der Waals surface area contributed by atoms with Crippen LogP contribution in [0.25, 0.3) is 11.2 Å². The number of anilines is 1. The lowest BCUT2D eigenvalue weighted by molar-refractivity contribution is 0.565. The van der Waals surface area contributed by atoms with Crippen LogP contribution in [0.3, 0.4) is 0 Å². The number of halogens is 1. The maximum absolute atomic E-state index is 5.78. The van der Waals surface area contributed by atoms with E-state index in [1.807, 2.05) is 6.07 Å². The standard InChI is InChI=1S/C11H12BrNO2S/c1-3-13(4-2)9-5-8(16)11-10(15-9)7(12)6-14-11/h5-6H,3-4H2,1-2H3. The molecule has 0 saturated carbocycles. The molecule has 0 radical (unpaired) electrons. The number of rotatable bonds is 3. The quantitative estimate of drug-likeness (QED) is 0.788. The highest BCUT2D eigenvalue weighted by Crippen LogP contribution is 2.31. The molecule has 16 heavy (non-hydrogen) atoms. The Bertz CT molecular complexity index is 557. The van der Waals surface area contributed by atoms with Crippen molar-refractivity contribution in [2.45, 2.75) is 13.8 Å². The van der Waals surface area contributed by atoms with E-state index in [1.165, 1.54) is 0 Å². The molecule has 5 heteroatoms. The van der Waals surface area contributed by atoms with Gasteiger partial charge in [0, 0.05) is 19.2 Å². The first-order valence-electron chi connectivity index (χ1n) is 5.13. The normalized spacial score (nSPS) is 10.9. The van der Waals surface area contributed by atoms with Gasteiger partial charge in [-0.05, 0) is 29.8 Å². The highest BCUT2D eigenvalue weighted by Gasteiger charge is 2.12. The smallest absolute Gasteiger partial charge is 0.197 e. The lowest BCUT2D eigenvalue weighted by Crippen LogP contribution is -2.21. The van der Waals surface area contributed by atoms with Crippen LogP contribution in [-0.4, -0.2) is 13.1 Å². The van der Waals surface area contributed by atoms with Gasteiger partial charge in [-0.15, -0.1) is 0 Å². The Kier molecular flexibility index (Phi) is 3.35. The molecule has 0 amide bonds. The number of hydrogen-bond donors (Lipinski definition) is 0. The summed E-state index contributed by atoms with van der Waals surface area (Å²) in [7, 11) is 0. The lowest BCUT2D eigenvalue weighted by atomic mass is 10.4. The van der Waals surface area contributed by atoms with Crippen LogP contribution in [0.4, 0.5) is 5.88 Å². The largest absolute Gasteiger partial charge is 0.458 e. The van der Waals surface area contributed by atoms with Gasteiger partial charge >= 0.3 is 0 Å². The van der Waals surface area contributed by atoms with Crippen LogP contribution in [0.5, 0.6) is 0 Å². The van der Waals surface area contributed by atoms with Gasteiger partial charge in [0.25, 0.3) is 0 Å². The molecule has 0 bridgehead atoms. The zero-order chi connectivity index (χ0) is 11.7. The van der Waals surface area contributed by atoms with Crippen LogP contribution in [0, 0.1) is 4.51 Å². The van der Waals surface area contributed by atoms with Crippen molar-refractivity contribution >= 4 is 45.2 Å². The van der Waals surface area contributed by atoms with Crippen LogP contribution >= 0.6 is 28.1 Å². The predicted molar refractivity (Wildman–Crippen MR) is 70.6 cm³/mol. The maximum atomic E-state index is 5.78. The Morgan fingerprint density at radius 1 is 1.31 bits per heavy atom. The molecule has 2 aromatic rings. The van der Waals surface area contributed by atoms with Crippen LogP contribution in [0.2, 0.25) is 0 Å². The van der Waals surface area contributed by atoms with Crippen LogP contribution in [-0.2, 0) is 0 Å². The summed E-state index contributed by atoms with van der Waals surface area (Å²) in [6, 6.07) is 1.83. The van der Waals surface area contributed by atoms with Gasteiger partial charge < -0.3 is 13.7 Å². The molecule has 0 aliphatic rings. The Morgan fingerprint density at radius 2 is 2.00 bits per heavy atom. The molecule has 0 atom stereocenters. The molecule has 0 aliphatic carbocycles. The second-order valence-electron chi connectivity index (χ2n) is 3.36. The molecule has 86 valence electrons. The summed E-state index contributed by atoms with van der Waals surface area (Å²) in [5, 5.41) is 0. The predicted octanol–water partition coefficient (Wildman–Crippen LogP) is 4.36. The van der Waals surface area contributed by atoms with Crippen molar-refractivity contribution in [3.63, 3.8) is 0 Å². The molecular weight excluding hydrogens is 290 g/mol. The van der Waals surface area contributed by atoms with Crippen LogP contribution in [0.1, 0.15) is 13.8 Å². The molecule has 0 spiro atoms. The molecule has 3 nitrogen and oxygen atoms in total. The number of fused-ring (bicyclic) bond motifs is 1. The van der Waals surface area contributed by atoms with E-state index in [9.17, 15) is 0 Å². The van der Waals surface area contributed by atoms with Crippen molar-refractivity contribution in [3.05, 3.63) is 21.3 Å². The molecular formula is C11H12BrNO2S. The van der Waals surface area contributed by atoms with E-state index in [0.29, 0.717) is 15.7 Å². The number of furan rings is 1. The average molecular weight is 302 g/mol. The molecule has 2 rings (SSSR count). The Hall–Kier alpha value is -0.810. The summed E-state index contributed by atoms with van der Waals surface area (Å²) in [5.41, 5.74) is 1.30. The van der Waals surface area contributed by atoms with Gasteiger partial charge in [0.2, 0.25) is 0 Å². The van der Waals surface area contributed by atoms with Gasteiger partial charge in [-0.3, -0.25) is 0 Å². The molecule has 0 N–H and O–H groups in total. The molecule has 2 aromatic heterocycles. The minimum Gasteiger partial charge on any atom is -0.458 e. The first-order chi connectivity index (χ1) is 7.67. The van der Waals surface area contributed by atoms with Crippen LogP contribution in [0.15, 0.2) is 25.6 Å². The summed E-state index contributed by atoms with van der Waals surface area (Å²) in [5.74, 6) is 0.782. The molecule has 0 aliphatic heterocycles. The van der Waals surface area contributed by atoms with Gasteiger partial charge in [-0.25, -0.2) is 0 Å². The Morgan fingerprint density at radius 3 is 2.62 bits per heavy atom. The van der Waals surface area contributed by atoms with E-state index < -0.39 is 0 Å². The Balaban J connectivity index is 2.64. The summed E-state index contributed by atoms with van der Waals surface area (Å²) in [4.78, 5) is 2.11. The molecule has 0 unspecified atom stereocenters. The van der Waals surface area contributed by atoms with Crippen molar-refractivity contribution < 1.29 is 8.83 Å². The first-order valence-corrected chi connectivity index (χ1v) is 6.33. The summed E-state index contributed by atoms with van der Waals surface area (Å²) in [6.07, 6.45) is 1.59. The average Bonchev–Trinajstić information content (AvgIpc) is 2.63. The molecule has 2 heterocycles. The number of hydrogen-bond acceptors (Lipinski definition) is 4. The van der Waals surface area contributed by atoms with Crippen molar-refractivity contribution in [2.24, 2.45) is 0 Å². The van der Waals surface area contributed by atoms with E-state index in [-0.39, 0.29) is 0 Å². The topological polar surface area (TPSA) is 29.5 Å². The minimum atomic E-state index is 0.623. The van der Waals surface area contributed by atoms with Crippen LogP contribution < -0.4 is 4.90 Å². The second-order valence-corrected chi connectivity index (χ2v) is 4.66. The van der Waals surface area contributed by atoms with Gasteiger partial charge in [0.15, 0.2) is 17.1 Å². The summed E-state index contributed by atoms with van der Waals surface area (Å²) in [6.45, 7) is 5.93. The summed E-state index contributed by atoms with van der Waals surface area (Å²) >= 11 is 8.64. The fraction of sp³-hybridized carbons (Fsp3) is 0.364. The lowest BCUT2D eigenvalue weighted by Gasteiger charge is -2.18. The van der Waals surface area contributed by atoms with Crippen molar-refractivity contribution in [2.75, 3.05) is 18.0 Å². The monoisotopic (exact) mass is 301 g/mol.